The van der Waals surface area contributed by atoms with Crippen molar-refractivity contribution in [2.45, 2.75) is 32.5 Å². The van der Waals surface area contributed by atoms with Gasteiger partial charge >= 0.3 is 6.18 Å². The zero-order valence-electron chi connectivity index (χ0n) is 16.2. The highest BCUT2D eigenvalue weighted by Gasteiger charge is 2.31. The Labute approximate surface area is 165 Å². The topological polar surface area (TPSA) is 71.3 Å². The molecule has 29 heavy (non-hydrogen) atoms. The normalized spacial score (nSPS) is 15.1. The highest BCUT2D eigenvalue weighted by Crippen LogP contribution is 2.29. The fraction of sp³-hybridized carbons (Fsp3) is 0.474. The smallest absolute Gasteiger partial charge is 0.353 e. The molecule has 0 saturated carbocycles. The molecule has 156 valence electrons. The number of carbonyl (C=O) groups is 1. The molecule has 1 amide bonds. The van der Waals surface area contributed by atoms with Gasteiger partial charge in [0.1, 0.15) is 12.4 Å². The van der Waals surface area contributed by atoms with Crippen LogP contribution in [0.5, 0.6) is 0 Å². The van der Waals surface area contributed by atoms with Crippen molar-refractivity contribution >= 4 is 11.7 Å². The Hall–Kier alpha value is -2.91. The maximum Gasteiger partial charge on any atom is 0.417 e. The second kappa shape index (κ2) is 8.22. The summed E-state index contributed by atoms with van der Waals surface area (Å²) in [7, 11) is 0. The van der Waals surface area contributed by atoms with E-state index in [1.165, 1.54) is 23.0 Å². The lowest BCUT2D eigenvalue weighted by atomic mass is 10.1. The first kappa shape index (κ1) is 20.8. The van der Waals surface area contributed by atoms with E-state index < -0.39 is 11.7 Å². The zero-order valence-corrected chi connectivity index (χ0v) is 16.2. The fourth-order valence-electron chi connectivity index (χ4n) is 3.05. The minimum Gasteiger partial charge on any atom is -0.353 e. The Kier molecular flexibility index (Phi) is 5.90. The molecule has 0 radical (unpaired) electrons. The molecule has 0 atom stereocenters. The van der Waals surface area contributed by atoms with Crippen LogP contribution in [0.1, 0.15) is 31.0 Å². The van der Waals surface area contributed by atoms with Crippen molar-refractivity contribution in [2.24, 2.45) is 0 Å². The van der Waals surface area contributed by atoms with E-state index >= 15 is 0 Å². The molecule has 0 bridgehead atoms. The molecule has 1 aliphatic rings. The lowest BCUT2D eigenvalue weighted by Crippen LogP contribution is -2.50. The Morgan fingerprint density at radius 3 is 2.34 bits per heavy atom. The Morgan fingerprint density at radius 2 is 1.83 bits per heavy atom. The number of aromatic nitrogens is 3. The SMILES string of the molecule is CC(C)c1cc(=O)n(CC(=O)N2CCN(c3ccc(C(F)(F)F)cn3)CC2)cn1. The van der Waals surface area contributed by atoms with E-state index in [0.29, 0.717) is 37.7 Å². The van der Waals surface area contributed by atoms with Crippen LogP contribution in [0.25, 0.3) is 0 Å². The molecule has 0 spiro atoms. The van der Waals surface area contributed by atoms with Gasteiger partial charge in [-0.2, -0.15) is 13.2 Å². The third kappa shape index (κ3) is 4.93. The van der Waals surface area contributed by atoms with E-state index in [4.69, 9.17) is 0 Å². The van der Waals surface area contributed by atoms with Crippen LogP contribution >= 0.6 is 0 Å². The minimum absolute atomic E-state index is 0.0945. The Bertz CT molecular complexity index is 917. The number of amides is 1. The van der Waals surface area contributed by atoms with Crippen LogP contribution in [0.3, 0.4) is 0 Å². The summed E-state index contributed by atoms with van der Waals surface area (Å²) < 4.78 is 39.2. The number of pyridine rings is 1. The van der Waals surface area contributed by atoms with E-state index in [1.54, 1.807) is 4.90 Å². The summed E-state index contributed by atoms with van der Waals surface area (Å²) in [6, 6.07) is 3.77. The lowest BCUT2D eigenvalue weighted by molar-refractivity contribution is -0.138. The van der Waals surface area contributed by atoms with Gasteiger partial charge in [-0.15, -0.1) is 0 Å². The van der Waals surface area contributed by atoms with Crippen LogP contribution in [-0.2, 0) is 17.5 Å². The van der Waals surface area contributed by atoms with Gasteiger partial charge in [-0.25, -0.2) is 9.97 Å². The van der Waals surface area contributed by atoms with Gasteiger partial charge in [-0.1, -0.05) is 13.8 Å². The van der Waals surface area contributed by atoms with Gasteiger partial charge < -0.3 is 9.80 Å². The molecule has 1 fully saturated rings. The third-order valence-corrected chi connectivity index (χ3v) is 4.83. The van der Waals surface area contributed by atoms with E-state index in [9.17, 15) is 22.8 Å². The molecular weight excluding hydrogens is 387 g/mol. The predicted octanol–water partition coefficient (Wildman–Crippen LogP) is 2.13. The van der Waals surface area contributed by atoms with Gasteiger partial charge in [-0.3, -0.25) is 14.2 Å². The van der Waals surface area contributed by atoms with Crippen molar-refractivity contribution in [1.29, 1.82) is 0 Å². The van der Waals surface area contributed by atoms with Crippen molar-refractivity contribution in [3.8, 4) is 0 Å². The van der Waals surface area contributed by atoms with Crippen LogP contribution in [0.4, 0.5) is 19.0 Å². The van der Waals surface area contributed by atoms with E-state index in [0.717, 1.165) is 12.3 Å². The monoisotopic (exact) mass is 409 g/mol. The first-order valence-electron chi connectivity index (χ1n) is 9.27. The summed E-state index contributed by atoms with van der Waals surface area (Å²) in [6.45, 7) is 5.46. The molecule has 10 heteroatoms. The number of carbonyl (C=O) groups excluding carboxylic acids is 1. The number of piperazine rings is 1. The van der Waals surface area contributed by atoms with Gasteiger partial charge in [0.05, 0.1) is 17.6 Å². The van der Waals surface area contributed by atoms with Crippen LogP contribution < -0.4 is 10.5 Å². The molecule has 0 aliphatic carbocycles. The summed E-state index contributed by atoms with van der Waals surface area (Å²) in [5, 5.41) is 0. The van der Waals surface area contributed by atoms with Gasteiger partial charge in [0, 0.05) is 38.4 Å². The van der Waals surface area contributed by atoms with E-state index in [1.807, 2.05) is 18.7 Å². The van der Waals surface area contributed by atoms with Gasteiger partial charge in [0.25, 0.3) is 5.56 Å². The zero-order chi connectivity index (χ0) is 21.2. The molecule has 3 heterocycles. The number of hydrogen-bond acceptors (Lipinski definition) is 5. The van der Waals surface area contributed by atoms with Crippen molar-refractivity contribution in [3.05, 3.63) is 52.3 Å². The quantitative estimate of drug-likeness (QED) is 0.774. The van der Waals surface area contributed by atoms with Crippen molar-refractivity contribution < 1.29 is 18.0 Å². The van der Waals surface area contributed by atoms with Crippen LogP contribution in [-0.4, -0.2) is 51.5 Å². The highest BCUT2D eigenvalue weighted by atomic mass is 19.4. The van der Waals surface area contributed by atoms with E-state index in [2.05, 4.69) is 9.97 Å². The Morgan fingerprint density at radius 1 is 1.14 bits per heavy atom. The first-order chi connectivity index (χ1) is 13.6. The highest BCUT2D eigenvalue weighted by molar-refractivity contribution is 5.76. The maximum absolute atomic E-state index is 12.6. The number of halogens is 3. The minimum atomic E-state index is -4.42. The average Bonchev–Trinajstić information content (AvgIpc) is 2.69. The molecule has 0 N–H and O–H groups in total. The number of alkyl halides is 3. The van der Waals surface area contributed by atoms with Gasteiger partial charge in [0.2, 0.25) is 5.91 Å². The second-order valence-electron chi connectivity index (χ2n) is 7.21. The second-order valence-corrected chi connectivity index (χ2v) is 7.21. The summed E-state index contributed by atoms with van der Waals surface area (Å²) >= 11 is 0. The third-order valence-electron chi connectivity index (χ3n) is 4.83. The molecule has 7 nitrogen and oxygen atoms in total. The maximum atomic E-state index is 12.6. The average molecular weight is 409 g/mol. The van der Waals surface area contributed by atoms with Crippen molar-refractivity contribution in [3.63, 3.8) is 0 Å². The summed E-state index contributed by atoms with van der Waals surface area (Å²) in [6.07, 6.45) is -2.22. The lowest BCUT2D eigenvalue weighted by Gasteiger charge is -2.35. The van der Waals surface area contributed by atoms with E-state index in [-0.39, 0.29) is 23.9 Å². The molecule has 2 aromatic rings. The van der Waals surface area contributed by atoms with Crippen molar-refractivity contribution in [1.82, 2.24) is 19.4 Å². The summed E-state index contributed by atoms with van der Waals surface area (Å²) in [4.78, 5) is 36.2. The van der Waals surface area contributed by atoms with Crippen LogP contribution in [0.15, 0.2) is 35.5 Å². The molecular formula is C19H22F3N5O2. The Balaban J connectivity index is 1.58. The number of hydrogen-bond donors (Lipinski definition) is 0. The number of rotatable bonds is 4. The fourth-order valence-corrected chi connectivity index (χ4v) is 3.05. The van der Waals surface area contributed by atoms with Crippen LogP contribution in [0.2, 0.25) is 0 Å². The molecule has 0 unspecified atom stereocenters. The predicted molar refractivity (Wildman–Crippen MR) is 101 cm³/mol. The molecule has 2 aromatic heterocycles. The van der Waals surface area contributed by atoms with Crippen LogP contribution in [0, 0.1) is 0 Å². The van der Waals surface area contributed by atoms with Crippen molar-refractivity contribution in [2.75, 3.05) is 31.1 Å². The number of anilines is 1. The van der Waals surface area contributed by atoms with Gasteiger partial charge in [0.15, 0.2) is 0 Å². The van der Waals surface area contributed by atoms with Gasteiger partial charge in [-0.05, 0) is 18.1 Å². The summed E-state index contributed by atoms with van der Waals surface area (Å²) in [5.74, 6) is 0.362. The molecule has 0 aromatic carbocycles. The molecule has 1 saturated heterocycles. The number of nitrogens with zero attached hydrogens (tertiary/aromatic N) is 5. The summed E-state index contributed by atoms with van der Waals surface area (Å²) in [5.41, 5.74) is -0.390. The standard InChI is InChI=1S/C19H22F3N5O2/c1-13(2)15-9-17(28)27(12-24-15)11-18(29)26-7-5-25(6-8-26)16-4-3-14(10-23-16)19(20,21)22/h3-4,9-10,12-13H,5-8,11H2,1-2H3. The molecule has 3 rings (SSSR count). The largest absolute Gasteiger partial charge is 0.417 e. The molecule has 1 aliphatic heterocycles. The first-order valence-corrected chi connectivity index (χ1v) is 9.27.